The normalized spacial score (nSPS) is 18.4. The molecule has 1 aromatic carbocycles. The van der Waals surface area contributed by atoms with Gasteiger partial charge < -0.3 is 0 Å². The molecule has 1 aliphatic carbocycles. The predicted octanol–water partition coefficient (Wildman–Crippen LogP) is 3.23. The summed E-state index contributed by atoms with van der Waals surface area (Å²) in [5.41, 5.74) is 2.81. The monoisotopic (exact) mass is 710 g/mol. The van der Waals surface area contributed by atoms with Crippen LogP contribution in [0, 0.1) is 13.8 Å². The van der Waals surface area contributed by atoms with Crippen molar-refractivity contribution in [3.8, 4) is 5.75 Å². The number of nitrogens with one attached hydrogen (secondary N) is 1. The van der Waals surface area contributed by atoms with Gasteiger partial charge in [-0.3, -0.25) is 0 Å². The van der Waals surface area contributed by atoms with Crippen molar-refractivity contribution in [3.63, 3.8) is 0 Å². The summed E-state index contributed by atoms with van der Waals surface area (Å²) in [4.78, 5) is 74.3. The number of ether oxygens (including phenoxy) is 2. The topological polar surface area (TPSA) is 138 Å². The molecule has 5 rings (SSSR count). The van der Waals surface area contributed by atoms with Gasteiger partial charge in [0.05, 0.1) is 0 Å². The summed E-state index contributed by atoms with van der Waals surface area (Å²) in [6.07, 6.45) is 5.87. The Morgan fingerprint density at radius 2 is 1.64 bits per heavy atom. The van der Waals surface area contributed by atoms with Crippen LogP contribution >= 0.6 is 0 Å². The van der Waals surface area contributed by atoms with Crippen molar-refractivity contribution in [2.45, 2.75) is 83.0 Å². The fourth-order valence-corrected chi connectivity index (χ4v) is 7.53. The Morgan fingerprint density at radius 3 is 2.34 bits per heavy atom. The first-order chi connectivity index (χ1) is 22.6. The van der Waals surface area contributed by atoms with E-state index in [2.05, 4.69) is 10.3 Å². The predicted molar refractivity (Wildman–Crippen MR) is 177 cm³/mol. The van der Waals surface area contributed by atoms with Crippen LogP contribution in [0.15, 0.2) is 18.2 Å². The SMILES string of the molecule is CCCCOC(=O)N1CCN(C(=O)C[As]C(=O)c2cc(OCC(=O)N3CCC[C@H]3C(=O)NC3CCC3)c3cc(C)c(C)cc3n2)CC1. The number of carbonyl (C=O) groups is 5. The summed E-state index contributed by atoms with van der Waals surface area (Å²) in [5.74, 6) is -0.116. The first-order valence-corrected chi connectivity index (χ1v) is 19.0. The Balaban J connectivity index is 1.20. The number of rotatable bonds is 12. The number of aryl methyl sites for hydroxylation is 2. The molecule has 47 heavy (non-hydrogen) atoms. The van der Waals surface area contributed by atoms with Gasteiger partial charge in [-0.15, -0.1) is 0 Å². The van der Waals surface area contributed by atoms with Gasteiger partial charge in [0.25, 0.3) is 0 Å². The molecule has 1 radical (unpaired) electrons. The molecule has 3 aliphatic rings. The molecule has 2 aromatic rings. The second-order valence-electron chi connectivity index (χ2n) is 12.6. The quantitative estimate of drug-likeness (QED) is 0.262. The Kier molecular flexibility index (Phi) is 11.8. The van der Waals surface area contributed by atoms with Crippen molar-refractivity contribution in [1.82, 2.24) is 25.0 Å². The van der Waals surface area contributed by atoms with E-state index in [1.807, 2.05) is 32.9 Å². The van der Waals surface area contributed by atoms with Crippen LogP contribution < -0.4 is 10.1 Å². The molecule has 1 N–H and O–H groups in total. The number of carbonyl (C=O) groups excluding carboxylic acids is 5. The number of aromatic nitrogens is 1. The van der Waals surface area contributed by atoms with E-state index in [9.17, 15) is 24.0 Å². The molecule has 1 atom stereocenters. The van der Waals surface area contributed by atoms with Crippen LogP contribution in [0.3, 0.4) is 0 Å². The fraction of sp³-hybridized carbons (Fsp3) is 0.588. The van der Waals surface area contributed by atoms with Crippen molar-refractivity contribution >= 4 is 55.0 Å². The van der Waals surface area contributed by atoms with Gasteiger partial charge in [-0.1, -0.05) is 0 Å². The van der Waals surface area contributed by atoms with Gasteiger partial charge in [0.1, 0.15) is 0 Å². The average molecular weight is 711 g/mol. The Hall–Kier alpha value is -3.66. The van der Waals surface area contributed by atoms with Crippen LogP contribution in [-0.2, 0) is 19.1 Å². The van der Waals surface area contributed by atoms with Gasteiger partial charge in [-0.25, -0.2) is 0 Å². The molecular formula is C34H45AsN5O7. The van der Waals surface area contributed by atoms with E-state index < -0.39 is 21.8 Å². The second kappa shape index (κ2) is 16.0. The number of unbranched alkanes of at least 4 members (excludes halogenated alkanes) is 1. The number of hydrogen-bond donors (Lipinski definition) is 1. The molecule has 3 fully saturated rings. The van der Waals surface area contributed by atoms with Crippen molar-refractivity contribution < 1.29 is 33.4 Å². The van der Waals surface area contributed by atoms with Crippen LogP contribution in [0.25, 0.3) is 10.9 Å². The van der Waals surface area contributed by atoms with Gasteiger partial charge in [-0.2, -0.15) is 0 Å². The van der Waals surface area contributed by atoms with Gasteiger partial charge in [0.15, 0.2) is 0 Å². The van der Waals surface area contributed by atoms with Crippen LogP contribution in [0.1, 0.15) is 73.5 Å². The van der Waals surface area contributed by atoms with E-state index in [1.165, 1.54) is 0 Å². The summed E-state index contributed by atoms with van der Waals surface area (Å²) < 4.78 is 11.1. The zero-order valence-electron chi connectivity index (χ0n) is 27.6. The number of nitrogens with zero attached hydrogens (tertiary/aromatic N) is 4. The minimum absolute atomic E-state index is 0.0985. The minimum atomic E-state index is -1.05. The summed E-state index contributed by atoms with van der Waals surface area (Å²) in [5, 5.41) is 3.86. The van der Waals surface area contributed by atoms with Crippen LogP contribution in [-0.4, -0.2) is 122 Å². The molecule has 13 heteroatoms. The molecule has 2 aliphatic heterocycles. The molecule has 253 valence electrons. The molecule has 12 nitrogen and oxygen atoms in total. The van der Waals surface area contributed by atoms with E-state index in [0.29, 0.717) is 62.4 Å². The number of pyridine rings is 1. The van der Waals surface area contributed by atoms with Crippen molar-refractivity contribution in [2.24, 2.45) is 0 Å². The molecule has 3 heterocycles. The zero-order chi connectivity index (χ0) is 33.5. The van der Waals surface area contributed by atoms with E-state index in [-0.39, 0.29) is 51.9 Å². The number of piperazine rings is 1. The Bertz CT molecular complexity index is 1510. The molecule has 1 aromatic heterocycles. The molecule has 0 spiro atoms. The molecule has 0 unspecified atom stereocenters. The molecular weight excluding hydrogens is 665 g/mol. The number of likely N-dealkylation sites (tertiary alicyclic amines) is 1. The van der Waals surface area contributed by atoms with Gasteiger partial charge >= 0.3 is 264 Å². The zero-order valence-corrected chi connectivity index (χ0v) is 29.5. The standard InChI is InChI=1S/C34H45AsN5O7/c1-4-5-16-46-34(45)39-14-12-38(13-15-39)30(41)20-35-32(43)27-19-29(25-17-22(2)23(3)18-26(25)37-27)47-21-31(42)40-11-7-10-28(40)33(44)36-24-8-6-9-24/h17-19,24,28H,4-16,20-21H2,1-3H3,(H,36,44)/t28-/m0/s1. The summed E-state index contributed by atoms with van der Waals surface area (Å²) in [6.45, 7) is 8.19. The van der Waals surface area contributed by atoms with Gasteiger partial charge in [-0.05, 0) is 19.3 Å². The van der Waals surface area contributed by atoms with Gasteiger partial charge in [0, 0.05) is 0 Å². The maximum absolute atomic E-state index is 13.4. The van der Waals surface area contributed by atoms with E-state index in [0.717, 1.165) is 49.7 Å². The van der Waals surface area contributed by atoms with E-state index in [4.69, 9.17) is 9.47 Å². The van der Waals surface area contributed by atoms with Crippen LogP contribution in [0.4, 0.5) is 4.79 Å². The summed E-state index contributed by atoms with van der Waals surface area (Å²) >= 11 is -1.05. The van der Waals surface area contributed by atoms with Gasteiger partial charge in [0.2, 0.25) is 0 Å². The first kappa shape index (κ1) is 34.7. The fourth-order valence-electron chi connectivity index (χ4n) is 5.95. The Morgan fingerprint density at radius 1 is 0.915 bits per heavy atom. The number of amides is 4. The third-order valence-corrected chi connectivity index (χ3v) is 11.2. The van der Waals surface area contributed by atoms with Crippen molar-refractivity contribution in [2.75, 3.05) is 45.9 Å². The maximum atomic E-state index is 13.4. The van der Waals surface area contributed by atoms with E-state index in [1.54, 1.807) is 20.8 Å². The van der Waals surface area contributed by atoms with E-state index >= 15 is 0 Å². The summed E-state index contributed by atoms with van der Waals surface area (Å²) in [7, 11) is 0. The third-order valence-electron chi connectivity index (χ3n) is 9.26. The average Bonchev–Trinajstić information content (AvgIpc) is 3.55. The van der Waals surface area contributed by atoms with Crippen LogP contribution in [0.2, 0.25) is 5.21 Å². The van der Waals surface area contributed by atoms with Crippen molar-refractivity contribution in [3.05, 3.63) is 35.0 Å². The molecule has 1 saturated carbocycles. The summed E-state index contributed by atoms with van der Waals surface area (Å²) in [6, 6.07) is 5.11. The molecule has 0 bridgehead atoms. The first-order valence-electron chi connectivity index (χ1n) is 16.7. The number of fused-ring (bicyclic) bond motifs is 1. The Labute approximate surface area is 282 Å². The third kappa shape index (κ3) is 8.63. The number of benzene rings is 1. The second-order valence-corrected chi connectivity index (χ2v) is 14.8. The molecule has 2 saturated heterocycles. The number of hydrogen-bond acceptors (Lipinski definition) is 8. The van der Waals surface area contributed by atoms with Crippen molar-refractivity contribution in [1.29, 1.82) is 0 Å². The van der Waals surface area contributed by atoms with Crippen LogP contribution in [0.5, 0.6) is 5.75 Å². The molecule has 4 amide bonds.